The summed E-state index contributed by atoms with van der Waals surface area (Å²) in [7, 11) is 0.0217. The standard InChI is InChI=1S/C20H30N2O5S/c1-14-11-22(15(2)13-23)28(25,26)20-9-8-17(7-6-16(3)24)10-18(20)27-19(14)12-21(4)5/h8-10,14-16,19,23-24H,11-13H2,1-5H3/t14-,15-,16+,19-/m1/s1. The van der Waals surface area contributed by atoms with E-state index in [4.69, 9.17) is 4.74 Å². The number of fused-ring (bicyclic) bond motifs is 1. The highest BCUT2D eigenvalue weighted by Crippen LogP contribution is 2.34. The fourth-order valence-electron chi connectivity index (χ4n) is 3.07. The first-order chi connectivity index (χ1) is 13.1. The average Bonchev–Trinajstić information content (AvgIpc) is 2.61. The van der Waals surface area contributed by atoms with Crippen LogP contribution in [0.3, 0.4) is 0 Å². The van der Waals surface area contributed by atoms with Crippen molar-refractivity contribution >= 4 is 10.0 Å². The fourth-order valence-corrected chi connectivity index (χ4v) is 4.89. The number of nitrogens with zero attached hydrogens (tertiary/aromatic N) is 2. The van der Waals surface area contributed by atoms with Crippen LogP contribution < -0.4 is 4.74 Å². The maximum atomic E-state index is 13.3. The van der Waals surface area contributed by atoms with Crippen LogP contribution in [0, 0.1) is 17.8 Å². The highest BCUT2D eigenvalue weighted by Gasteiger charge is 2.37. The molecular weight excluding hydrogens is 380 g/mol. The van der Waals surface area contributed by atoms with Crippen molar-refractivity contribution in [1.29, 1.82) is 0 Å². The first-order valence-electron chi connectivity index (χ1n) is 9.34. The molecule has 4 atom stereocenters. The van der Waals surface area contributed by atoms with Gasteiger partial charge in [-0.2, -0.15) is 4.31 Å². The molecule has 1 aromatic rings. The lowest BCUT2D eigenvalue weighted by molar-refractivity contribution is 0.0812. The number of ether oxygens (including phenoxy) is 1. The number of benzene rings is 1. The predicted octanol–water partition coefficient (Wildman–Crippen LogP) is 0.749. The largest absolute Gasteiger partial charge is 0.487 e. The van der Waals surface area contributed by atoms with Crippen LogP contribution in [-0.4, -0.2) is 79.9 Å². The van der Waals surface area contributed by atoms with Crippen LogP contribution in [0.5, 0.6) is 5.75 Å². The zero-order valence-electron chi connectivity index (χ0n) is 17.1. The Labute approximate surface area is 168 Å². The van der Waals surface area contributed by atoms with E-state index in [0.717, 1.165) is 0 Å². The van der Waals surface area contributed by atoms with Crippen molar-refractivity contribution in [3.05, 3.63) is 23.8 Å². The van der Waals surface area contributed by atoms with Gasteiger partial charge < -0.3 is 19.8 Å². The van der Waals surface area contributed by atoms with Gasteiger partial charge in [0.2, 0.25) is 10.0 Å². The second-order valence-corrected chi connectivity index (χ2v) is 9.47. The summed E-state index contributed by atoms with van der Waals surface area (Å²) in [4.78, 5) is 2.06. The summed E-state index contributed by atoms with van der Waals surface area (Å²) in [6.45, 7) is 5.80. The van der Waals surface area contributed by atoms with Crippen molar-refractivity contribution in [3.63, 3.8) is 0 Å². The van der Waals surface area contributed by atoms with E-state index >= 15 is 0 Å². The molecule has 0 aromatic heterocycles. The van der Waals surface area contributed by atoms with Gasteiger partial charge in [-0.1, -0.05) is 18.8 Å². The number of aliphatic hydroxyl groups is 2. The number of sulfonamides is 1. The lowest BCUT2D eigenvalue weighted by Gasteiger charge is -2.37. The van der Waals surface area contributed by atoms with E-state index in [-0.39, 0.29) is 35.8 Å². The van der Waals surface area contributed by atoms with Crippen LogP contribution in [0.1, 0.15) is 26.3 Å². The Morgan fingerprint density at radius 2 is 2.04 bits per heavy atom. The Kier molecular flexibility index (Phi) is 7.48. The van der Waals surface area contributed by atoms with E-state index in [1.165, 1.54) is 10.4 Å². The summed E-state index contributed by atoms with van der Waals surface area (Å²) in [6, 6.07) is 4.14. The van der Waals surface area contributed by atoms with Crippen molar-refractivity contribution in [2.45, 2.75) is 43.9 Å². The summed E-state index contributed by atoms with van der Waals surface area (Å²) < 4.78 is 34.1. The Morgan fingerprint density at radius 1 is 1.36 bits per heavy atom. The molecule has 156 valence electrons. The van der Waals surface area contributed by atoms with E-state index in [1.807, 2.05) is 25.9 Å². The third-order valence-corrected chi connectivity index (χ3v) is 6.66. The fraction of sp³-hybridized carbons (Fsp3) is 0.600. The average molecular weight is 411 g/mol. The van der Waals surface area contributed by atoms with Gasteiger partial charge in [0.25, 0.3) is 0 Å². The highest BCUT2D eigenvalue weighted by molar-refractivity contribution is 7.89. The quantitative estimate of drug-likeness (QED) is 0.712. The van der Waals surface area contributed by atoms with Gasteiger partial charge in [0.05, 0.1) is 6.61 Å². The number of hydrogen-bond donors (Lipinski definition) is 2. The predicted molar refractivity (Wildman–Crippen MR) is 108 cm³/mol. The molecule has 0 bridgehead atoms. The number of rotatable bonds is 4. The van der Waals surface area contributed by atoms with Gasteiger partial charge in [0.1, 0.15) is 22.9 Å². The van der Waals surface area contributed by atoms with Gasteiger partial charge in [-0.3, -0.25) is 0 Å². The van der Waals surface area contributed by atoms with E-state index in [9.17, 15) is 18.6 Å². The minimum absolute atomic E-state index is 0.0612. The molecule has 0 radical (unpaired) electrons. The molecule has 0 spiro atoms. The lowest BCUT2D eigenvalue weighted by atomic mass is 10.0. The van der Waals surface area contributed by atoms with Crippen molar-refractivity contribution in [3.8, 4) is 17.6 Å². The molecule has 1 aliphatic rings. The van der Waals surface area contributed by atoms with Crippen LogP contribution in [0.4, 0.5) is 0 Å². The molecule has 0 amide bonds. The smallest absolute Gasteiger partial charge is 0.247 e. The van der Waals surface area contributed by atoms with E-state index in [1.54, 1.807) is 26.0 Å². The van der Waals surface area contributed by atoms with E-state index in [2.05, 4.69) is 11.8 Å². The molecule has 0 aliphatic carbocycles. The van der Waals surface area contributed by atoms with Gasteiger partial charge in [0, 0.05) is 30.6 Å². The molecule has 2 rings (SSSR count). The maximum absolute atomic E-state index is 13.3. The van der Waals surface area contributed by atoms with Crippen LogP contribution in [-0.2, 0) is 10.0 Å². The Hall–Kier alpha value is -1.63. The van der Waals surface area contributed by atoms with Crippen molar-refractivity contribution in [2.24, 2.45) is 5.92 Å². The van der Waals surface area contributed by atoms with Crippen LogP contribution in [0.25, 0.3) is 0 Å². The molecule has 0 unspecified atom stereocenters. The van der Waals surface area contributed by atoms with E-state index in [0.29, 0.717) is 12.1 Å². The van der Waals surface area contributed by atoms with Crippen LogP contribution in [0.2, 0.25) is 0 Å². The number of aliphatic hydroxyl groups excluding tert-OH is 2. The minimum atomic E-state index is -3.85. The first-order valence-corrected chi connectivity index (χ1v) is 10.8. The Morgan fingerprint density at radius 3 is 2.61 bits per heavy atom. The second-order valence-electron chi connectivity index (χ2n) is 7.61. The molecule has 8 heteroatoms. The SMILES string of the molecule is C[C@H](O)C#Cc1ccc2c(c1)O[C@H](CN(C)C)[C@H](C)CN([C@H](C)CO)S2(=O)=O. The lowest BCUT2D eigenvalue weighted by Crippen LogP contribution is -2.49. The molecule has 0 saturated heterocycles. The molecule has 28 heavy (non-hydrogen) atoms. The van der Waals surface area contributed by atoms with Gasteiger partial charge in [-0.05, 0) is 46.1 Å². The Bertz CT molecular complexity index is 842. The molecule has 1 aromatic carbocycles. The highest BCUT2D eigenvalue weighted by atomic mass is 32.2. The monoisotopic (exact) mass is 410 g/mol. The van der Waals surface area contributed by atoms with Gasteiger partial charge in [0.15, 0.2) is 0 Å². The summed E-state index contributed by atoms with van der Waals surface area (Å²) >= 11 is 0. The number of hydrogen-bond acceptors (Lipinski definition) is 6. The van der Waals surface area contributed by atoms with E-state index < -0.39 is 22.2 Å². The van der Waals surface area contributed by atoms with Crippen molar-refractivity contribution in [1.82, 2.24) is 9.21 Å². The molecule has 7 nitrogen and oxygen atoms in total. The third kappa shape index (κ3) is 5.25. The summed E-state index contributed by atoms with van der Waals surface area (Å²) in [6.07, 6.45) is -1.02. The topological polar surface area (TPSA) is 90.3 Å². The first kappa shape index (κ1) is 22.7. The Balaban J connectivity index is 2.61. The van der Waals surface area contributed by atoms with Gasteiger partial charge >= 0.3 is 0 Å². The third-order valence-electron chi connectivity index (χ3n) is 4.64. The molecule has 2 N–H and O–H groups in total. The normalized spacial score (nSPS) is 24.1. The zero-order chi connectivity index (χ0) is 21.1. The van der Waals surface area contributed by atoms with Crippen molar-refractivity contribution < 1.29 is 23.4 Å². The zero-order valence-corrected chi connectivity index (χ0v) is 17.9. The summed E-state index contributed by atoms with van der Waals surface area (Å²) in [5.41, 5.74) is 0.563. The van der Waals surface area contributed by atoms with Crippen LogP contribution >= 0.6 is 0 Å². The molecule has 1 aliphatic heterocycles. The van der Waals surface area contributed by atoms with Crippen molar-refractivity contribution in [2.75, 3.05) is 33.8 Å². The number of likely N-dealkylation sites (N-methyl/N-ethyl adjacent to an activating group) is 1. The molecular formula is C20H30N2O5S. The summed E-state index contributed by atoms with van der Waals surface area (Å²) in [5, 5.41) is 19.0. The summed E-state index contributed by atoms with van der Waals surface area (Å²) in [5.74, 6) is 5.64. The molecule has 0 saturated carbocycles. The second kappa shape index (κ2) is 9.25. The maximum Gasteiger partial charge on any atom is 0.247 e. The van der Waals surface area contributed by atoms with Gasteiger partial charge in [-0.25, -0.2) is 8.42 Å². The van der Waals surface area contributed by atoms with Gasteiger partial charge in [-0.15, -0.1) is 0 Å². The minimum Gasteiger partial charge on any atom is -0.487 e. The molecule has 0 fully saturated rings. The molecule has 1 heterocycles. The van der Waals surface area contributed by atoms with Crippen LogP contribution in [0.15, 0.2) is 23.1 Å².